The average Bonchev–Trinajstić information content (AvgIpc) is 2.42. The highest BCUT2D eigenvalue weighted by molar-refractivity contribution is 9.10. The molecule has 0 aliphatic rings. The van der Waals surface area contributed by atoms with Gasteiger partial charge in [-0.15, -0.1) is 0 Å². The molecule has 100 valence electrons. The van der Waals surface area contributed by atoms with E-state index < -0.39 is 0 Å². The molecule has 1 N–H and O–H groups in total. The van der Waals surface area contributed by atoms with Crippen molar-refractivity contribution in [1.29, 1.82) is 0 Å². The molecule has 0 aliphatic carbocycles. The summed E-state index contributed by atoms with van der Waals surface area (Å²) >= 11 is 3.49. The van der Waals surface area contributed by atoms with Crippen LogP contribution < -0.4 is 10.1 Å². The third kappa shape index (κ3) is 4.00. The van der Waals surface area contributed by atoms with Gasteiger partial charge in [0, 0.05) is 16.7 Å². The van der Waals surface area contributed by atoms with E-state index in [0.29, 0.717) is 6.61 Å². The molecule has 3 heteroatoms. The summed E-state index contributed by atoms with van der Waals surface area (Å²) in [5, 5.41) is 3.45. The van der Waals surface area contributed by atoms with Crippen LogP contribution in [0.4, 0.5) is 5.69 Å². The largest absolute Gasteiger partial charge is 0.494 e. The molecule has 0 spiro atoms. The average molecular weight is 320 g/mol. The van der Waals surface area contributed by atoms with Crippen LogP contribution in [0.5, 0.6) is 5.75 Å². The van der Waals surface area contributed by atoms with Crippen LogP contribution in [0.3, 0.4) is 0 Å². The second-order valence-electron chi connectivity index (χ2n) is 4.39. The highest BCUT2D eigenvalue weighted by atomic mass is 79.9. The van der Waals surface area contributed by atoms with Crippen LogP contribution in [-0.2, 0) is 6.54 Å². The van der Waals surface area contributed by atoms with Crippen LogP contribution in [0, 0.1) is 6.92 Å². The minimum atomic E-state index is 0.703. The molecule has 2 nitrogen and oxygen atoms in total. The van der Waals surface area contributed by atoms with E-state index in [1.807, 2.05) is 19.1 Å². The molecule has 0 aliphatic heterocycles. The Balaban J connectivity index is 2.00. The maximum absolute atomic E-state index is 5.43. The van der Waals surface area contributed by atoms with E-state index in [1.165, 1.54) is 11.1 Å². The molecular formula is C16H18BrNO. The van der Waals surface area contributed by atoms with Gasteiger partial charge in [-0.05, 0) is 49.2 Å². The van der Waals surface area contributed by atoms with Gasteiger partial charge in [0.15, 0.2) is 0 Å². The van der Waals surface area contributed by atoms with Crippen molar-refractivity contribution in [2.45, 2.75) is 20.4 Å². The van der Waals surface area contributed by atoms with Gasteiger partial charge < -0.3 is 10.1 Å². The molecular weight excluding hydrogens is 302 g/mol. The smallest absolute Gasteiger partial charge is 0.119 e. The number of benzene rings is 2. The lowest BCUT2D eigenvalue weighted by molar-refractivity contribution is 0.340. The predicted molar refractivity (Wildman–Crippen MR) is 83.8 cm³/mol. The summed E-state index contributed by atoms with van der Waals surface area (Å²) in [6.07, 6.45) is 0. The molecule has 0 unspecified atom stereocenters. The van der Waals surface area contributed by atoms with Crippen LogP contribution >= 0.6 is 15.9 Å². The SMILES string of the molecule is CCOc1ccc(CNc2cc(Br)ccc2C)cc1. The molecule has 0 radical (unpaired) electrons. The molecule has 2 aromatic rings. The number of rotatable bonds is 5. The Bertz CT molecular complexity index is 537. The van der Waals surface area contributed by atoms with Gasteiger partial charge in [0.2, 0.25) is 0 Å². The number of hydrogen-bond acceptors (Lipinski definition) is 2. The maximum Gasteiger partial charge on any atom is 0.119 e. The van der Waals surface area contributed by atoms with Crippen molar-refractivity contribution in [3.05, 3.63) is 58.1 Å². The molecule has 0 aromatic heterocycles. The topological polar surface area (TPSA) is 21.3 Å². The zero-order valence-electron chi connectivity index (χ0n) is 11.2. The Morgan fingerprint density at radius 1 is 1.11 bits per heavy atom. The second-order valence-corrected chi connectivity index (χ2v) is 5.31. The molecule has 2 aromatic carbocycles. The minimum absolute atomic E-state index is 0.703. The number of halogens is 1. The first kappa shape index (κ1) is 13.9. The summed E-state index contributed by atoms with van der Waals surface area (Å²) in [7, 11) is 0. The number of nitrogens with one attached hydrogen (secondary N) is 1. The fourth-order valence-corrected chi connectivity index (χ4v) is 2.21. The van der Waals surface area contributed by atoms with Crippen molar-refractivity contribution in [1.82, 2.24) is 0 Å². The Morgan fingerprint density at radius 3 is 2.53 bits per heavy atom. The van der Waals surface area contributed by atoms with Crippen molar-refractivity contribution >= 4 is 21.6 Å². The van der Waals surface area contributed by atoms with Gasteiger partial charge in [-0.1, -0.05) is 34.1 Å². The number of ether oxygens (including phenoxy) is 1. The third-order valence-electron chi connectivity index (χ3n) is 2.92. The molecule has 0 saturated carbocycles. The fraction of sp³-hybridized carbons (Fsp3) is 0.250. The minimum Gasteiger partial charge on any atom is -0.494 e. The maximum atomic E-state index is 5.43. The highest BCUT2D eigenvalue weighted by Gasteiger charge is 2.00. The molecule has 0 saturated heterocycles. The molecule has 0 fully saturated rings. The van der Waals surface area contributed by atoms with E-state index in [1.54, 1.807) is 0 Å². The van der Waals surface area contributed by atoms with Crippen LogP contribution in [-0.4, -0.2) is 6.61 Å². The molecule has 0 bridgehead atoms. The van der Waals surface area contributed by atoms with Gasteiger partial charge >= 0.3 is 0 Å². The van der Waals surface area contributed by atoms with E-state index in [9.17, 15) is 0 Å². The number of hydrogen-bond donors (Lipinski definition) is 1. The lowest BCUT2D eigenvalue weighted by atomic mass is 10.1. The summed E-state index contributed by atoms with van der Waals surface area (Å²) < 4.78 is 6.52. The van der Waals surface area contributed by atoms with Gasteiger partial charge in [-0.3, -0.25) is 0 Å². The molecule has 0 atom stereocenters. The molecule has 2 rings (SSSR count). The van der Waals surface area contributed by atoms with Crippen LogP contribution in [0.2, 0.25) is 0 Å². The van der Waals surface area contributed by atoms with Gasteiger partial charge in [0.05, 0.1) is 6.61 Å². The monoisotopic (exact) mass is 319 g/mol. The Kier molecular flexibility index (Phi) is 4.86. The lowest BCUT2D eigenvalue weighted by Crippen LogP contribution is -2.01. The van der Waals surface area contributed by atoms with Crippen molar-refractivity contribution in [3.63, 3.8) is 0 Å². The van der Waals surface area contributed by atoms with Crippen molar-refractivity contribution in [3.8, 4) is 5.75 Å². The van der Waals surface area contributed by atoms with Gasteiger partial charge in [0.1, 0.15) is 5.75 Å². The normalized spacial score (nSPS) is 10.3. The fourth-order valence-electron chi connectivity index (χ4n) is 1.85. The Hall–Kier alpha value is -1.48. The predicted octanol–water partition coefficient (Wildman–Crippen LogP) is 4.77. The highest BCUT2D eigenvalue weighted by Crippen LogP contribution is 2.21. The summed E-state index contributed by atoms with van der Waals surface area (Å²) in [5.41, 5.74) is 3.64. The van der Waals surface area contributed by atoms with Gasteiger partial charge in [-0.25, -0.2) is 0 Å². The molecule has 0 amide bonds. The summed E-state index contributed by atoms with van der Waals surface area (Å²) in [6.45, 7) is 5.61. The van der Waals surface area contributed by atoms with Gasteiger partial charge in [-0.2, -0.15) is 0 Å². The van der Waals surface area contributed by atoms with Crippen LogP contribution in [0.1, 0.15) is 18.1 Å². The Morgan fingerprint density at radius 2 is 1.84 bits per heavy atom. The number of aryl methyl sites for hydroxylation is 1. The van der Waals surface area contributed by atoms with Crippen molar-refractivity contribution < 1.29 is 4.74 Å². The second kappa shape index (κ2) is 6.62. The molecule has 0 heterocycles. The zero-order chi connectivity index (χ0) is 13.7. The standard InChI is InChI=1S/C16H18BrNO/c1-3-19-15-8-5-13(6-9-15)11-18-16-10-14(17)7-4-12(16)2/h4-10,18H,3,11H2,1-2H3. The zero-order valence-corrected chi connectivity index (χ0v) is 12.8. The lowest BCUT2D eigenvalue weighted by Gasteiger charge is -2.10. The first-order valence-corrected chi connectivity index (χ1v) is 7.20. The van der Waals surface area contributed by atoms with E-state index in [-0.39, 0.29) is 0 Å². The van der Waals surface area contributed by atoms with Crippen LogP contribution in [0.25, 0.3) is 0 Å². The summed E-state index contributed by atoms with van der Waals surface area (Å²) in [6, 6.07) is 14.4. The third-order valence-corrected chi connectivity index (χ3v) is 3.41. The first-order valence-electron chi connectivity index (χ1n) is 6.41. The Labute approximate surface area is 122 Å². The first-order chi connectivity index (χ1) is 9.19. The van der Waals surface area contributed by atoms with Crippen molar-refractivity contribution in [2.75, 3.05) is 11.9 Å². The summed E-state index contributed by atoms with van der Waals surface area (Å²) in [5.74, 6) is 0.921. The van der Waals surface area contributed by atoms with E-state index in [2.05, 4.69) is 58.5 Å². The summed E-state index contributed by atoms with van der Waals surface area (Å²) in [4.78, 5) is 0. The van der Waals surface area contributed by atoms with E-state index in [0.717, 1.165) is 22.5 Å². The van der Waals surface area contributed by atoms with Gasteiger partial charge in [0.25, 0.3) is 0 Å². The van der Waals surface area contributed by atoms with Crippen LogP contribution in [0.15, 0.2) is 46.9 Å². The van der Waals surface area contributed by atoms with E-state index >= 15 is 0 Å². The quantitative estimate of drug-likeness (QED) is 0.857. The van der Waals surface area contributed by atoms with E-state index in [4.69, 9.17) is 4.74 Å². The van der Waals surface area contributed by atoms with Crippen molar-refractivity contribution in [2.24, 2.45) is 0 Å². The molecule has 19 heavy (non-hydrogen) atoms. The number of anilines is 1.